The van der Waals surface area contributed by atoms with Crippen LogP contribution in [0.5, 0.6) is 5.75 Å². The van der Waals surface area contributed by atoms with Gasteiger partial charge in [0.15, 0.2) is 8.32 Å². The van der Waals surface area contributed by atoms with Crippen molar-refractivity contribution in [3.8, 4) is 17.6 Å². The minimum absolute atomic E-state index is 0.0402. The van der Waals surface area contributed by atoms with E-state index in [1.165, 1.54) is 25.7 Å². The van der Waals surface area contributed by atoms with Gasteiger partial charge in [-0.1, -0.05) is 105 Å². The summed E-state index contributed by atoms with van der Waals surface area (Å²) in [5.41, 5.74) is 2.74. The van der Waals surface area contributed by atoms with Crippen LogP contribution in [0.2, 0.25) is 18.1 Å². The third-order valence-corrected chi connectivity index (χ3v) is 11.9. The van der Waals surface area contributed by atoms with E-state index in [1.54, 1.807) is 0 Å². The van der Waals surface area contributed by atoms with Gasteiger partial charge in [-0.2, -0.15) is 0 Å². The first-order chi connectivity index (χ1) is 18.0. The van der Waals surface area contributed by atoms with Gasteiger partial charge < -0.3 is 14.6 Å². The number of hydrogen-bond acceptors (Lipinski definition) is 3. The van der Waals surface area contributed by atoms with Gasteiger partial charge in [-0.3, -0.25) is 0 Å². The van der Waals surface area contributed by atoms with Crippen LogP contribution in [-0.2, 0) is 13.0 Å². The van der Waals surface area contributed by atoms with Crippen LogP contribution in [0, 0.1) is 17.8 Å². The van der Waals surface area contributed by atoms with Gasteiger partial charge in [0, 0.05) is 22.0 Å². The van der Waals surface area contributed by atoms with Gasteiger partial charge in [0.25, 0.3) is 0 Å². The highest BCUT2D eigenvalue weighted by Crippen LogP contribution is 2.43. The van der Waals surface area contributed by atoms with E-state index < -0.39 is 14.4 Å². The number of halogens is 1. The SMILES string of the molecule is C=CCc1c(OCc2ccccc2)ccc(Br)c1C(O)C#CCC[C@H](CCCCC)CC(C)(C)[Si](C)(C)O. The van der Waals surface area contributed by atoms with Gasteiger partial charge in [-0.25, -0.2) is 0 Å². The molecule has 0 bridgehead atoms. The number of ether oxygens (including phenoxy) is 1. The molecule has 0 fully saturated rings. The molecule has 0 saturated heterocycles. The molecule has 2 N–H and O–H groups in total. The molecular formula is C33H47BrO3Si. The van der Waals surface area contributed by atoms with Gasteiger partial charge in [-0.05, 0) is 61.0 Å². The van der Waals surface area contributed by atoms with Crippen molar-refractivity contribution in [2.75, 3.05) is 0 Å². The minimum atomic E-state index is -2.26. The molecule has 2 rings (SSSR count). The third-order valence-electron chi connectivity index (χ3n) is 7.71. The van der Waals surface area contributed by atoms with Gasteiger partial charge >= 0.3 is 0 Å². The summed E-state index contributed by atoms with van der Waals surface area (Å²) in [5, 5.41) is 11.1. The normalized spacial score (nSPS) is 13.4. The van der Waals surface area contributed by atoms with Crippen LogP contribution in [0.4, 0.5) is 0 Å². The molecule has 0 heterocycles. The highest BCUT2D eigenvalue weighted by molar-refractivity contribution is 9.10. The lowest BCUT2D eigenvalue weighted by molar-refractivity contribution is 0.234. The predicted molar refractivity (Wildman–Crippen MR) is 167 cm³/mol. The fourth-order valence-electron chi connectivity index (χ4n) is 4.66. The van der Waals surface area contributed by atoms with Gasteiger partial charge in [0.05, 0.1) is 0 Å². The summed E-state index contributed by atoms with van der Waals surface area (Å²) in [6.45, 7) is 15.1. The number of rotatable bonds is 15. The lowest BCUT2D eigenvalue weighted by atomic mass is 9.88. The molecule has 0 aliphatic rings. The lowest BCUT2D eigenvalue weighted by Gasteiger charge is -2.38. The third kappa shape index (κ3) is 10.0. The molecule has 2 aromatic carbocycles. The van der Waals surface area contributed by atoms with Crippen molar-refractivity contribution in [3.05, 3.63) is 76.3 Å². The molecule has 0 aromatic heterocycles. The highest BCUT2D eigenvalue weighted by atomic mass is 79.9. The molecule has 0 aliphatic carbocycles. The van der Waals surface area contributed by atoms with E-state index in [4.69, 9.17) is 4.74 Å². The zero-order valence-electron chi connectivity index (χ0n) is 24.0. The van der Waals surface area contributed by atoms with Crippen molar-refractivity contribution in [1.82, 2.24) is 0 Å². The van der Waals surface area contributed by atoms with Crippen molar-refractivity contribution in [3.63, 3.8) is 0 Å². The van der Waals surface area contributed by atoms with E-state index in [9.17, 15) is 9.90 Å². The summed E-state index contributed by atoms with van der Waals surface area (Å²) in [5.74, 6) is 7.63. The Kier molecular flexibility index (Phi) is 13.4. The zero-order valence-corrected chi connectivity index (χ0v) is 26.6. The van der Waals surface area contributed by atoms with E-state index in [-0.39, 0.29) is 5.04 Å². The van der Waals surface area contributed by atoms with Crippen LogP contribution in [-0.4, -0.2) is 18.2 Å². The molecule has 0 amide bonds. The smallest absolute Gasteiger partial charge is 0.188 e. The Bertz CT molecular complexity index is 1060. The Morgan fingerprint density at radius 2 is 1.82 bits per heavy atom. The Balaban J connectivity index is 2.15. The van der Waals surface area contributed by atoms with Gasteiger partial charge in [0.1, 0.15) is 18.5 Å². The first kappa shape index (κ1) is 32.4. The summed E-state index contributed by atoms with van der Waals surface area (Å²) in [7, 11) is -2.26. The Morgan fingerprint density at radius 1 is 1.11 bits per heavy atom. The van der Waals surface area contributed by atoms with Crippen molar-refractivity contribution in [2.45, 2.75) is 103 Å². The number of aliphatic hydroxyl groups excluding tert-OH is 1. The van der Waals surface area contributed by atoms with Crippen LogP contribution >= 0.6 is 15.9 Å². The van der Waals surface area contributed by atoms with Crippen LogP contribution in [0.1, 0.15) is 88.5 Å². The summed E-state index contributed by atoms with van der Waals surface area (Å²) in [6, 6.07) is 13.9. The molecule has 2 aromatic rings. The zero-order chi connectivity index (χ0) is 28.2. The largest absolute Gasteiger partial charge is 0.489 e. The van der Waals surface area contributed by atoms with E-state index in [0.29, 0.717) is 18.9 Å². The molecule has 1 unspecified atom stereocenters. The second-order valence-electron chi connectivity index (χ2n) is 11.5. The highest BCUT2D eigenvalue weighted by Gasteiger charge is 2.39. The molecule has 0 spiro atoms. The van der Waals surface area contributed by atoms with Gasteiger partial charge in [-0.15, -0.1) is 12.5 Å². The molecular weight excluding hydrogens is 552 g/mol. The van der Waals surface area contributed by atoms with Crippen molar-refractivity contribution < 1.29 is 14.6 Å². The number of aliphatic hydroxyl groups is 1. The number of unbranched alkanes of at least 4 members (excludes halogenated alkanes) is 2. The Labute approximate surface area is 241 Å². The Morgan fingerprint density at radius 3 is 2.45 bits per heavy atom. The molecule has 0 radical (unpaired) electrons. The summed E-state index contributed by atoms with van der Waals surface area (Å²) in [4.78, 5) is 10.8. The fourth-order valence-corrected chi connectivity index (χ4v) is 6.03. The lowest BCUT2D eigenvalue weighted by Crippen LogP contribution is -2.40. The van der Waals surface area contributed by atoms with Crippen molar-refractivity contribution in [2.24, 2.45) is 5.92 Å². The number of hydrogen-bond donors (Lipinski definition) is 2. The summed E-state index contributed by atoms with van der Waals surface area (Å²) >= 11 is 3.63. The first-order valence-corrected chi connectivity index (χ1v) is 17.7. The maximum absolute atomic E-state index is 11.1. The molecule has 2 atom stereocenters. The second-order valence-corrected chi connectivity index (χ2v) is 16.8. The van der Waals surface area contributed by atoms with Crippen LogP contribution in [0.3, 0.4) is 0 Å². The average Bonchev–Trinajstić information content (AvgIpc) is 2.86. The Hall–Kier alpha value is -1.84. The first-order valence-electron chi connectivity index (χ1n) is 14.0. The summed E-state index contributed by atoms with van der Waals surface area (Å²) in [6.07, 6.45) is 9.06. The molecule has 3 nitrogen and oxygen atoms in total. The predicted octanol–water partition coefficient (Wildman–Crippen LogP) is 9.14. The molecule has 208 valence electrons. The molecule has 38 heavy (non-hydrogen) atoms. The van der Waals surface area contributed by atoms with E-state index in [1.807, 2.05) is 61.6 Å². The molecule has 0 aliphatic heterocycles. The van der Waals surface area contributed by atoms with E-state index in [0.717, 1.165) is 46.2 Å². The van der Waals surface area contributed by atoms with Crippen molar-refractivity contribution in [1.29, 1.82) is 0 Å². The second kappa shape index (κ2) is 15.7. The van der Waals surface area contributed by atoms with Crippen LogP contribution < -0.4 is 4.74 Å². The minimum Gasteiger partial charge on any atom is -0.489 e. The van der Waals surface area contributed by atoms with Gasteiger partial charge in [0.2, 0.25) is 0 Å². The molecule has 5 heteroatoms. The van der Waals surface area contributed by atoms with E-state index in [2.05, 4.69) is 55.1 Å². The quantitative estimate of drug-likeness (QED) is 0.0929. The number of benzene rings is 2. The standard InChI is InChI=1S/C33H47BrO3Si/c1-7-9-11-17-26(24-33(3,4)38(5,6)36)18-14-15-21-30(35)32-28(16-8-2)31(23-22-29(32)34)37-25-27-19-12-10-13-20-27/h8,10,12-13,19-20,22-23,26,30,35-36H,2,7,9,11,14,16-18,24-25H2,1,3-6H3/t26-,30?/m0/s1. The van der Waals surface area contributed by atoms with E-state index >= 15 is 0 Å². The van der Waals surface area contributed by atoms with Crippen LogP contribution in [0.15, 0.2) is 59.6 Å². The maximum Gasteiger partial charge on any atom is 0.188 e. The average molecular weight is 600 g/mol. The van der Waals surface area contributed by atoms with Crippen molar-refractivity contribution >= 4 is 24.2 Å². The fraction of sp³-hybridized carbons (Fsp3) is 0.515. The topological polar surface area (TPSA) is 49.7 Å². The molecule has 0 saturated carbocycles. The monoisotopic (exact) mass is 598 g/mol. The number of allylic oxidation sites excluding steroid dienone is 1. The maximum atomic E-state index is 11.1. The van der Waals surface area contributed by atoms with Crippen LogP contribution in [0.25, 0.3) is 0 Å². The summed E-state index contributed by atoms with van der Waals surface area (Å²) < 4.78 is 6.97.